The van der Waals surface area contributed by atoms with Gasteiger partial charge in [-0.05, 0) is 31.8 Å². The van der Waals surface area contributed by atoms with Gasteiger partial charge in [-0.2, -0.15) is 0 Å². The van der Waals surface area contributed by atoms with E-state index in [-0.39, 0.29) is 11.9 Å². The van der Waals surface area contributed by atoms with Crippen LogP contribution in [0.3, 0.4) is 0 Å². The molecule has 1 unspecified atom stereocenters. The van der Waals surface area contributed by atoms with E-state index in [4.69, 9.17) is 11.6 Å². The largest absolute Gasteiger partial charge is 0.350 e. The summed E-state index contributed by atoms with van der Waals surface area (Å²) in [6.45, 7) is 2.05. The van der Waals surface area contributed by atoms with Crippen LogP contribution in [0, 0.1) is 5.92 Å². The molecule has 19 heavy (non-hydrogen) atoms. The molecular formula is C13H14ClN3OS. The van der Waals surface area contributed by atoms with Gasteiger partial charge in [0.05, 0.1) is 5.69 Å². The lowest BCUT2D eigenvalue weighted by molar-refractivity contribution is -0.117. The van der Waals surface area contributed by atoms with Gasteiger partial charge in [0.25, 0.3) is 0 Å². The zero-order valence-electron chi connectivity index (χ0n) is 10.5. The highest BCUT2D eigenvalue weighted by Gasteiger charge is 2.28. The molecule has 0 bridgehead atoms. The number of fused-ring (bicyclic) bond motifs is 1. The second kappa shape index (κ2) is 4.98. The fraction of sp³-hybridized carbons (Fsp3) is 0.385. The van der Waals surface area contributed by atoms with Crippen molar-refractivity contribution in [3.63, 3.8) is 0 Å². The molecule has 1 atom stereocenters. The van der Waals surface area contributed by atoms with Crippen molar-refractivity contribution in [1.29, 1.82) is 0 Å². The minimum absolute atomic E-state index is 0.0827. The Morgan fingerprint density at radius 2 is 2.47 bits per heavy atom. The number of aromatic nitrogens is 2. The van der Waals surface area contributed by atoms with Crippen molar-refractivity contribution in [1.82, 2.24) is 14.7 Å². The maximum atomic E-state index is 11.8. The molecule has 0 aromatic carbocycles. The maximum Gasteiger partial charge on any atom is 0.244 e. The van der Waals surface area contributed by atoms with Gasteiger partial charge >= 0.3 is 0 Å². The van der Waals surface area contributed by atoms with Crippen molar-refractivity contribution < 1.29 is 4.79 Å². The topological polar surface area (TPSA) is 46.4 Å². The Morgan fingerprint density at radius 1 is 1.68 bits per heavy atom. The average Bonchev–Trinajstić information content (AvgIpc) is 3.05. The van der Waals surface area contributed by atoms with Gasteiger partial charge in [-0.15, -0.1) is 11.3 Å². The van der Waals surface area contributed by atoms with Gasteiger partial charge < -0.3 is 5.32 Å². The fourth-order valence-electron chi connectivity index (χ4n) is 2.07. The number of hydrogen-bond acceptors (Lipinski definition) is 3. The van der Waals surface area contributed by atoms with Crippen LogP contribution >= 0.6 is 22.9 Å². The Hall–Kier alpha value is -1.33. The molecule has 1 fully saturated rings. The first-order valence-electron chi connectivity index (χ1n) is 6.25. The summed E-state index contributed by atoms with van der Waals surface area (Å²) in [5, 5.41) is 5.33. The van der Waals surface area contributed by atoms with E-state index in [0.717, 1.165) is 10.7 Å². The summed E-state index contributed by atoms with van der Waals surface area (Å²) in [5.41, 5.74) is 0.743. The van der Waals surface area contributed by atoms with Gasteiger partial charge in [-0.1, -0.05) is 11.6 Å². The van der Waals surface area contributed by atoms with Crippen molar-refractivity contribution in [3.05, 3.63) is 28.5 Å². The van der Waals surface area contributed by atoms with Gasteiger partial charge in [0.15, 0.2) is 10.1 Å². The zero-order valence-corrected chi connectivity index (χ0v) is 12.0. The molecule has 1 amide bonds. The Kier molecular flexibility index (Phi) is 3.33. The highest BCUT2D eigenvalue weighted by molar-refractivity contribution is 7.15. The normalized spacial score (nSPS) is 17.2. The third kappa shape index (κ3) is 2.67. The van der Waals surface area contributed by atoms with Gasteiger partial charge in [-0.25, -0.2) is 4.98 Å². The molecule has 0 radical (unpaired) electrons. The number of nitrogens with zero attached hydrogens (tertiary/aromatic N) is 2. The summed E-state index contributed by atoms with van der Waals surface area (Å²) in [4.78, 5) is 16.8. The Bertz CT molecular complexity index is 641. The van der Waals surface area contributed by atoms with Crippen molar-refractivity contribution in [2.75, 3.05) is 0 Å². The fourth-order valence-corrected chi connectivity index (χ4v) is 3.07. The Morgan fingerprint density at radius 3 is 3.21 bits per heavy atom. The van der Waals surface area contributed by atoms with Crippen molar-refractivity contribution in [2.45, 2.75) is 25.8 Å². The summed E-state index contributed by atoms with van der Waals surface area (Å²) in [6.07, 6.45) is 7.56. The van der Waals surface area contributed by atoms with Crippen LogP contribution in [0.15, 0.2) is 17.7 Å². The minimum atomic E-state index is -0.0827. The Balaban J connectivity index is 1.72. The molecule has 2 heterocycles. The van der Waals surface area contributed by atoms with E-state index in [2.05, 4.69) is 10.3 Å². The number of hydrogen-bond donors (Lipinski definition) is 1. The van der Waals surface area contributed by atoms with E-state index >= 15 is 0 Å². The second-order valence-electron chi connectivity index (χ2n) is 4.81. The first kappa shape index (κ1) is 12.7. The number of imidazole rings is 1. The summed E-state index contributed by atoms with van der Waals surface area (Å²) < 4.78 is 1.88. The third-order valence-electron chi connectivity index (χ3n) is 3.35. The van der Waals surface area contributed by atoms with Crippen LogP contribution in [0.25, 0.3) is 11.0 Å². The van der Waals surface area contributed by atoms with E-state index in [0.29, 0.717) is 11.1 Å². The predicted octanol–water partition coefficient (Wildman–Crippen LogP) is 2.98. The molecule has 0 spiro atoms. The average molecular weight is 296 g/mol. The van der Waals surface area contributed by atoms with Crippen LogP contribution in [0.4, 0.5) is 0 Å². The van der Waals surface area contributed by atoms with Crippen LogP contribution in [0.1, 0.15) is 25.5 Å². The summed E-state index contributed by atoms with van der Waals surface area (Å²) in [7, 11) is 0. The molecule has 100 valence electrons. The lowest BCUT2D eigenvalue weighted by atomic mass is 10.2. The molecule has 1 aliphatic carbocycles. The highest BCUT2D eigenvalue weighted by Crippen LogP contribution is 2.32. The minimum Gasteiger partial charge on any atom is -0.350 e. The van der Waals surface area contributed by atoms with Gasteiger partial charge in [0.2, 0.25) is 5.91 Å². The second-order valence-corrected chi connectivity index (χ2v) is 6.04. The van der Waals surface area contributed by atoms with E-state index in [1.54, 1.807) is 6.08 Å². The Labute approximate surface area is 120 Å². The molecule has 0 aliphatic heterocycles. The van der Waals surface area contributed by atoms with Gasteiger partial charge in [-0.3, -0.25) is 9.20 Å². The predicted molar refractivity (Wildman–Crippen MR) is 77.4 cm³/mol. The molecular weight excluding hydrogens is 282 g/mol. The molecule has 0 saturated heterocycles. The number of rotatable bonds is 4. The molecule has 1 N–H and O–H groups in total. The standard InChI is InChI=1S/C13H14ClN3OS/c1-8(9-2-3-9)15-11(18)5-4-10-12(14)16-13-17(10)6-7-19-13/h4-9H,2-3H2,1H3,(H,15,18)/b5-4+. The quantitative estimate of drug-likeness (QED) is 0.882. The number of amides is 1. The van der Waals surface area contributed by atoms with E-state index in [9.17, 15) is 4.79 Å². The molecule has 2 aromatic rings. The van der Waals surface area contributed by atoms with E-state index < -0.39 is 0 Å². The van der Waals surface area contributed by atoms with Crippen molar-refractivity contribution in [3.8, 4) is 0 Å². The van der Waals surface area contributed by atoms with Crippen LogP contribution in [0.2, 0.25) is 5.15 Å². The molecule has 6 heteroatoms. The first-order chi connectivity index (χ1) is 9.15. The van der Waals surface area contributed by atoms with Gasteiger partial charge in [0.1, 0.15) is 0 Å². The molecule has 1 aliphatic rings. The van der Waals surface area contributed by atoms with Crippen molar-refractivity contribution in [2.24, 2.45) is 5.92 Å². The maximum absolute atomic E-state index is 11.8. The smallest absolute Gasteiger partial charge is 0.244 e. The van der Waals surface area contributed by atoms with Crippen LogP contribution < -0.4 is 5.32 Å². The lowest BCUT2D eigenvalue weighted by Crippen LogP contribution is -2.32. The van der Waals surface area contributed by atoms with Crippen molar-refractivity contribution >= 4 is 39.9 Å². The SMILES string of the molecule is CC(NC(=O)/C=C/c1c(Cl)nc2sccn12)C1CC1. The lowest BCUT2D eigenvalue weighted by Gasteiger charge is -2.10. The third-order valence-corrected chi connectivity index (χ3v) is 4.38. The molecule has 1 saturated carbocycles. The number of thiazole rings is 1. The summed E-state index contributed by atoms with van der Waals surface area (Å²) in [5.74, 6) is 0.570. The monoisotopic (exact) mass is 295 g/mol. The number of carbonyl (C=O) groups is 1. The number of carbonyl (C=O) groups excluding carboxylic acids is 1. The summed E-state index contributed by atoms with van der Waals surface area (Å²) >= 11 is 7.56. The first-order valence-corrected chi connectivity index (χ1v) is 7.50. The molecule has 3 rings (SSSR count). The number of halogens is 1. The highest BCUT2D eigenvalue weighted by atomic mass is 35.5. The summed E-state index contributed by atoms with van der Waals surface area (Å²) in [6, 6.07) is 0.249. The number of nitrogens with one attached hydrogen (secondary N) is 1. The van der Waals surface area contributed by atoms with Crippen LogP contribution in [-0.4, -0.2) is 21.3 Å². The van der Waals surface area contributed by atoms with Gasteiger partial charge in [0, 0.05) is 23.7 Å². The van der Waals surface area contributed by atoms with Crippen LogP contribution in [-0.2, 0) is 4.79 Å². The van der Waals surface area contributed by atoms with E-state index in [1.807, 2.05) is 22.9 Å². The molecule has 2 aromatic heterocycles. The van der Waals surface area contributed by atoms with E-state index in [1.165, 1.54) is 30.3 Å². The zero-order chi connectivity index (χ0) is 13.4. The molecule has 4 nitrogen and oxygen atoms in total. The van der Waals surface area contributed by atoms with Crippen LogP contribution in [0.5, 0.6) is 0 Å².